The lowest BCUT2D eigenvalue weighted by Crippen LogP contribution is -2.44. The van der Waals surface area contributed by atoms with Gasteiger partial charge >= 0.3 is 0 Å². The molecule has 0 bridgehead atoms. The number of rotatable bonds is 7. The maximum Gasteiger partial charge on any atom is 0.190 e. The van der Waals surface area contributed by atoms with E-state index in [4.69, 9.17) is 23.7 Å². The van der Waals surface area contributed by atoms with Gasteiger partial charge in [0.25, 0.3) is 0 Å². The summed E-state index contributed by atoms with van der Waals surface area (Å²) in [6.07, 6.45) is -3.39. The van der Waals surface area contributed by atoms with Gasteiger partial charge in [-0.15, -0.1) is 0 Å². The molecule has 2 heterocycles. The normalized spacial score (nSPS) is 31.7. The van der Waals surface area contributed by atoms with Gasteiger partial charge in [-0.05, 0) is 38.5 Å². The summed E-state index contributed by atoms with van der Waals surface area (Å²) in [6.45, 7) is 6.06. The third-order valence-corrected chi connectivity index (χ3v) is 4.27. The van der Waals surface area contributed by atoms with Gasteiger partial charge in [0.1, 0.15) is 30.2 Å². The molecule has 2 fully saturated rings. The predicted octanol–water partition coefficient (Wildman–Crippen LogP) is 1.20. The number of benzene rings is 1. The molecular weight excluding hydrogens is 328 g/mol. The first-order valence-electron chi connectivity index (χ1n) is 8.57. The molecule has 25 heavy (non-hydrogen) atoms. The maximum absolute atomic E-state index is 10.0. The lowest BCUT2D eigenvalue weighted by atomic mass is 10.1. The molecule has 2 aliphatic rings. The van der Waals surface area contributed by atoms with Gasteiger partial charge in [0, 0.05) is 0 Å². The molecule has 0 amide bonds. The topological polar surface area (TPSA) is 86.6 Å². The van der Waals surface area contributed by atoms with Gasteiger partial charge in [-0.3, -0.25) is 0 Å². The number of aliphatic hydroxyl groups is 2. The van der Waals surface area contributed by atoms with Crippen molar-refractivity contribution < 1.29 is 33.9 Å². The van der Waals surface area contributed by atoms with Crippen molar-refractivity contribution in [3.05, 3.63) is 29.8 Å². The van der Waals surface area contributed by atoms with Crippen LogP contribution in [0.15, 0.2) is 24.3 Å². The SMILES string of the molecule is CCOc1ccc(CO[C@@H]2[C@H]([C@H](O)CO)O[C@@H]3OC(C)(C)O[C@@H]32)cc1. The molecule has 2 aliphatic heterocycles. The molecule has 0 unspecified atom stereocenters. The molecule has 140 valence electrons. The zero-order chi connectivity index (χ0) is 18.0. The number of hydrogen-bond acceptors (Lipinski definition) is 7. The van der Waals surface area contributed by atoms with Crippen LogP contribution in [-0.2, 0) is 25.6 Å². The van der Waals surface area contributed by atoms with E-state index in [2.05, 4.69) is 0 Å². The van der Waals surface area contributed by atoms with Gasteiger partial charge in [-0.1, -0.05) is 12.1 Å². The summed E-state index contributed by atoms with van der Waals surface area (Å²) >= 11 is 0. The summed E-state index contributed by atoms with van der Waals surface area (Å²) in [4.78, 5) is 0. The highest BCUT2D eigenvalue weighted by atomic mass is 16.8. The Balaban J connectivity index is 1.66. The minimum Gasteiger partial charge on any atom is -0.494 e. The molecule has 0 aromatic heterocycles. The van der Waals surface area contributed by atoms with Crippen LogP contribution < -0.4 is 4.74 Å². The Labute approximate surface area is 147 Å². The number of fused-ring (bicyclic) bond motifs is 1. The molecule has 1 aromatic carbocycles. The van der Waals surface area contributed by atoms with Crippen molar-refractivity contribution >= 4 is 0 Å². The van der Waals surface area contributed by atoms with Crippen LogP contribution in [0.25, 0.3) is 0 Å². The zero-order valence-electron chi connectivity index (χ0n) is 14.8. The standard InChI is InChI=1S/C18H26O7/c1-4-21-12-7-5-11(6-8-12)10-22-15-14(13(20)9-19)23-17-16(15)24-18(2,3)25-17/h5-8,13-17,19-20H,4,9-10H2,1-3H3/t13-,14+,15-,16-,17-/m1/s1. The molecule has 2 saturated heterocycles. The van der Waals surface area contributed by atoms with Gasteiger partial charge < -0.3 is 33.9 Å². The first-order chi connectivity index (χ1) is 11.9. The molecule has 7 heteroatoms. The average Bonchev–Trinajstić information content (AvgIpc) is 3.05. The largest absolute Gasteiger partial charge is 0.494 e. The first kappa shape index (κ1) is 18.6. The molecular formula is C18H26O7. The van der Waals surface area contributed by atoms with E-state index in [-0.39, 0.29) is 0 Å². The first-order valence-corrected chi connectivity index (χ1v) is 8.57. The molecule has 0 saturated carbocycles. The molecule has 7 nitrogen and oxygen atoms in total. The molecule has 0 aliphatic carbocycles. The van der Waals surface area contributed by atoms with E-state index >= 15 is 0 Å². The molecule has 0 radical (unpaired) electrons. The third kappa shape index (κ3) is 4.13. The fourth-order valence-electron chi connectivity index (χ4n) is 3.15. The van der Waals surface area contributed by atoms with E-state index in [0.717, 1.165) is 11.3 Å². The summed E-state index contributed by atoms with van der Waals surface area (Å²) in [5.74, 6) is 0.0314. The summed E-state index contributed by atoms with van der Waals surface area (Å²) in [6, 6.07) is 7.61. The summed E-state index contributed by atoms with van der Waals surface area (Å²) in [7, 11) is 0. The Hall–Kier alpha value is -1.22. The van der Waals surface area contributed by atoms with Gasteiger partial charge in [-0.2, -0.15) is 0 Å². The Kier molecular flexibility index (Phi) is 5.62. The van der Waals surface area contributed by atoms with Gasteiger partial charge in [0.15, 0.2) is 12.1 Å². The van der Waals surface area contributed by atoms with Crippen LogP contribution in [0, 0.1) is 0 Å². The predicted molar refractivity (Wildman–Crippen MR) is 88.0 cm³/mol. The van der Waals surface area contributed by atoms with Crippen molar-refractivity contribution in [2.75, 3.05) is 13.2 Å². The van der Waals surface area contributed by atoms with Crippen LogP contribution in [0.3, 0.4) is 0 Å². The highest BCUT2D eigenvalue weighted by Gasteiger charge is 2.56. The number of aliphatic hydroxyl groups excluding tert-OH is 2. The van der Waals surface area contributed by atoms with Crippen molar-refractivity contribution in [3.63, 3.8) is 0 Å². The molecule has 0 spiro atoms. The summed E-state index contributed by atoms with van der Waals surface area (Å²) < 4.78 is 28.7. The average molecular weight is 354 g/mol. The van der Waals surface area contributed by atoms with Gasteiger partial charge in [-0.25, -0.2) is 0 Å². The fraction of sp³-hybridized carbons (Fsp3) is 0.667. The molecule has 1 aromatic rings. The van der Waals surface area contributed by atoms with Crippen molar-refractivity contribution in [3.8, 4) is 5.75 Å². The van der Waals surface area contributed by atoms with Crippen molar-refractivity contribution in [2.24, 2.45) is 0 Å². The van der Waals surface area contributed by atoms with E-state index in [0.29, 0.717) is 13.2 Å². The quantitative estimate of drug-likeness (QED) is 0.761. The van der Waals surface area contributed by atoms with Crippen LogP contribution in [0.2, 0.25) is 0 Å². The lowest BCUT2D eigenvalue weighted by molar-refractivity contribution is -0.232. The Morgan fingerprint density at radius 1 is 1.20 bits per heavy atom. The lowest BCUT2D eigenvalue weighted by Gasteiger charge is -2.28. The highest BCUT2D eigenvalue weighted by Crippen LogP contribution is 2.39. The smallest absolute Gasteiger partial charge is 0.190 e. The van der Waals surface area contributed by atoms with Gasteiger partial charge in [0.05, 0.1) is 19.8 Å². The number of hydrogen-bond donors (Lipinski definition) is 2. The van der Waals surface area contributed by atoms with E-state index in [1.54, 1.807) is 13.8 Å². The third-order valence-electron chi connectivity index (χ3n) is 4.27. The minimum atomic E-state index is -1.06. The zero-order valence-corrected chi connectivity index (χ0v) is 14.8. The highest BCUT2D eigenvalue weighted by molar-refractivity contribution is 5.26. The monoisotopic (exact) mass is 354 g/mol. The van der Waals surface area contributed by atoms with E-state index in [1.807, 2.05) is 31.2 Å². The Morgan fingerprint density at radius 3 is 2.56 bits per heavy atom. The maximum atomic E-state index is 10.0. The fourth-order valence-corrected chi connectivity index (χ4v) is 3.15. The summed E-state index contributed by atoms with van der Waals surface area (Å²) in [5, 5.41) is 19.3. The van der Waals surface area contributed by atoms with E-state index in [9.17, 15) is 10.2 Å². The van der Waals surface area contributed by atoms with Gasteiger partial charge in [0.2, 0.25) is 0 Å². The second-order valence-corrected chi connectivity index (χ2v) is 6.67. The van der Waals surface area contributed by atoms with Crippen molar-refractivity contribution in [1.82, 2.24) is 0 Å². The molecule has 5 atom stereocenters. The summed E-state index contributed by atoms with van der Waals surface area (Å²) in [5.41, 5.74) is 0.960. The van der Waals surface area contributed by atoms with Crippen molar-refractivity contribution in [2.45, 2.75) is 63.9 Å². The van der Waals surface area contributed by atoms with Crippen LogP contribution in [0.1, 0.15) is 26.3 Å². The van der Waals surface area contributed by atoms with Crippen LogP contribution in [0.5, 0.6) is 5.75 Å². The van der Waals surface area contributed by atoms with E-state index in [1.165, 1.54) is 0 Å². The minimum absolute atomic E-state index is 0.322. The van der Waals surface area contributed by atoms with E-state index < -0.39 is 43.1 Å². The second-order valence-electron chi connectivity index (χ2n) is 6.67. The van der Waals surface area contributed by atoms with Crippen molar-refractivity contribution in [1.29, 1.82) is 0 Å². The van der Waals surface area contributed by atoms with Crippen LogP contribution in [-0.4, -0.2) is 59.9 Å². The molecule has 2 N–H and O–H groups in total. The number of ether oxygens (including phenoxy) is 5. The Morgan fingerprint density at radius 2 is 1.92 bits per heavy atom. The second kappa shape index (κ2) is 7.57. The van der Waals surface area contributed by atoms with Crippen LogP contribution in [0.4, 0.5) is 0 Å². The van der Waals surface area contributed by atoms with Crippen LogP contribution >= 0.6 is 0 Å². The Bertz CT molecular complexity index is 559. The molecule has 3 rings (SSSR count).